The minimum absolute atomic E-state index is 0.0119. The van der Waals surface area contributed by atoms with Crippen molar-refractivity contribution in [3.05, 3.63) is 52.2 Å². The van der Waals surface area contributed by atoms with E-state index >= 15 is 0 Å². The number of aryl methyl sites for hydroxylation is 1. The first-order valence-corrected chi connectivity index (χ1v) is 6.92. The van der Waals surface area contributed by atoms with Gasteiger partial charge >= 0.3 is 0 Å². The van der Waals surface area contributed by atoms with Crippen LogP contribution in [0.5, 0.6) is 0 Å². The zero-order valence-electron chi connectivity index (χ0n) is 12.0. The Balaban J connectivity index is 2.09. The number of hydrogen-bond donors (Lipinski definition) is 3. The number of aromatic amines is 1. The largest absolute Gasteiger partial charge is 0.392 e. The standard InChI is InChI=1S/C15H15N5O2/c1-2-12-18-11-7-16-20-15(22)13(11)14(19-12)17-10-5-3-9(8-21)4-6-10/h3-7,21H,2,8H2,1H3,(H,20,22)(H,17,18,19). The van der Waals surface area contributed by atoms with E-state index in [-0.39, 0.29) is 12.2 Å². The SMILES string of the molecule is CCc1nc(Nc2ccc(CO)cc2)c2c(=O)[nH]ncc2n1. The Bertz CT molecular complexity index is 858. The number of fused-ring (bicyclic) bond motifs is 1. The molecule has 0 unspecified atom stereocenters. The third-order valence-electron chi connectivity index (χ3n) is 3.28. The summed E-state index contributed by atoms with van der Waals surface area (Å²) in [5.41, 5.74) is 1.75. The van der Waals surface area contributed by atoms with Gasteiger partial charge in [0, 0.05) is 12.1 Å². The lowest BCUT2D eigenvalue weighted by Crippen LogP contribution is -2.13. The molecule has 2 heterocycles. The molecular formula is C15H15N5O2. The average Bonchev–Trinajstić information content (AvgIpc) is 2.55. The van der Waals surface area contributed by atoms with E-state index in [4.69, 9.17) is 5.11 Å². The van der Waals surface area contributed by atoms with Gasteiger partial charge in [0.15, 0.2) is 0 Å². The fraction of sp³-hybridized carbons (Fsp3) is 0.200. The molecule has 3 rings (SSSR count). The van der Waals surface area contributed by atoms with Gasteiger partial charge in [-0.3, -0.25) is 4.79 Å². The molecule has 2 aromatic heterocycles. The normalized spacial score (nSPS) is 10.8. The molecule has 0 amide bonds. The molecule has 112 valence electrons. The number of anilines is 2. The summed E-state index contributed by atoms with van der Waals surface area (Å²) in [5.74, 6) is 1.08. The third-order valence-corrected chi connectivity index (χ3v) is 3.28. The number of rotatable bonds is 4. The second-order valence-electron chi connectivity index (χ2n) is 4.78. The maximum Gasteiger partial charge on any atom is 0.277 e. The van der Waals surface area contributed by atoms with Gasteiger partial charge in [0.2, 0.25) is 0 Å². The summed E-state index contributed by atoms with van der Waals surface area (Å²) in [6.07, 6.45) is 2.17. The highest BCUT2D eigenvalue weighted by molar-refractivity contribution is 5.89. The first-order chi connectivity index (χ1) is 10.7. The summed E-state index contributed by atoms with van der Waals surface area (Å²) in [6.45, 7) is 1.93. The molecule has 0 saturated carbocycles. The maximum atomic E-state index is 12.0. The summed E-state index contributed by atoms with van der Waals surface area (Å²) in [4.78, 5) is 20.7. The van der Waals surface area contributed by atoms with Crippen LogP contribution in [-0.4, -0.2) is 25.3 Å². The molecule has 3 N–H and O–H groups in total. The molecule has 0 radical (unpaired) electrons. The van der Waals surface area contributed by atoms with Crippen LogP contribution in [0.25, 0.3) is 10.9 Å². The lowest BCUT2D eigenvalue weighted by molar-refractivity contribution is 0.282. The predicted octanol–water partition coefficient (Wildman–Crippen LogP) is 1.51. The molecule has 22 heavy (non-hydrogen) atoms. The number of H-pyrrole nitrogens is 1. The molecule has 3 aromatic rings. The molecule has 0 saturated heterocycles. The molecule has 7 heteroatoms. The highest BCUT2D eigenvalue weighted by Gasteiger charge is 2.11. The molecule has 0 atom stereocenters. The van der Waals surface area contributed by atoms with Gasteiger partial charge in [-0.05, 0) is 17.7 Å². The zero-order valence-corrected chi connectivity index (χ0v) is 12.0. The third kappa shape index (κ3) is 2.66. The molecule has 0 aliphatic carbocycles. The monoisotopic (exact) mass is 297 g/mol. The van der Waals surface area contributed by atoms with Crippen molar-refractivity contribution in [2.24, 2.45) is 0 Å². The lowest BCUT2D eigenvalue weighted by atomic mass is 10.2. The first-order valence-electron chi connectivity index (χ1n) is 6.92. The van der Waals surface area contributed by atoms with Crippen LogP contribution in [-0.2, 0) is 13.0 Å². The van der Waals surface area contributed by atoms with Crippen molar-refractivity contribution in [1.29, 1.82) is 0 Å². The summed E-state index contributed by atoms with van der Waals surface area (Å²) < 4.78 is 0. The lowest BCUT2D eigenvalue weighted by Gasteiger charge is -2.09. The summed E-state index contributed by atoms with van der Waals surface area (Å²) >= 11 is 0. The van der Waals surface area contributed by atoms with Gasteiger partial charge in [0.1, 0.15) is 22.5 Å². The van der Waals surface area contributed by atoms with E-state index in [9.17, 15) is 4.79 Å². The Morgan fingerprint density at radius 2 is 2.00 bits per heavy atom. The second-order valence-corrected chi connectivity index (χ2v) is 4.78. The van der Waals surface area contributed by atoms with Crippen molar-refractivity contribution in [3.63, 3.8) is 0 Å². The molecule has 0 aliphatic rings. The summed E-state index contributed by atoms with van der Waals surface area (Å²) in [7, 11) is 0. The van der Waals surface area contributed by atoms with Crippen molar-refractivity contribution in [1.82, 2.24) is 20.2 Å². The smallest absolute Gasteiger partial charge is 0.277 e. The van der Waals surface area contributed by atoms with Crippen LogP contribution in [0.4, 0.5) is 11.5 Å². The molecule has 0 aliphatic heterocycles. The zero-order chi connectivity index (χ0) is 15.5. The van der Waals surface area contributed by atoms with Gasteiger partial charge in [0.05, 0.1) is 12.8 Å². The van der Waals surface area contributed by atoms with E-state index in [1.54, 1.807) is 12.1 Å². The Morgan fingerprint density at radius 3 is 2.68 bits per heavy atom. The predicted molar refractivity (Wildman–Crippen MR) is 83.0 cm³/mol. The highest BCUT2D eigenvalue weighted by atomic mass is 16.3. The van der Waals surface area contributed by atoms with Crippen LogP contribution in [0.2, 0.25) is 0 Å². The minimum atomic E-state index is -0.338. The number of aliphatic hydroxyl groups excluding tert-OH is 1. The number of benzene rings is 1. The summed E-state index contributed by atoms with van der Waals surface area (Å²) in [6, 6.07) is 7.25. The number of aliphatic hydroxyl groups is 1. The maximum absolute atomic E-state index is 12.0. The number of nitrogens with one attached hydrogen (secondary N) is 2. The van der Waals surface area contributed by atoms with Crippen LogP contribution < -0.4 is 10.9 Å². The quantitative estimate of drug-likeness (QED) is 0.674. The molecule has 1 aromatic carbocycles. The van der Waals surface area contributed by atoms with Crippen molar-refractivity contribution < 1.29 is 5.11 Å². The molecule has 0 bridgehead atoms. The molecule has 0 fully saturated rings. The number of aromatic nitrogens is 4. The minimum Gasteiger partial charge on any atom is -0.392 e. The Hall–Kier alpha value is -2.80. The van der Waals surface area contributed by atoms with Crippen LogP contribution >= 0.6 is 0 Å². The Kier molecular flexibility index (Phi) is 3.80. The van der Waals surface area contributed by atoms with Gasteiger partial charge in [-0.25, -0.2) is 15.1 Å². The van der Waals surface area contributed by atoms with Crippen molar-refractivity contribution in [3.8, 4) is 0 Å². The van der Waals surface area contributed by atoms with Crippen molar-refractivity contribution in [2.45, 2.75) is 20.0 Å². The van der Waals surface area contributed by atoms with Gasteiger partial charge in [0.25, 0.3) is 5.56 Å². The van der Waals surface area contributed by atoms with Crippen LogP contribution in [0.3, 0.4) is 0 Å². The average molecular weight is 297 g/mol. The van der Waals surface area contributed by atoms with Gasteiger partial charge in [-0.15, -0.1) is 0 Å². The highest BCUT2D eigenvalue weighted by Crippen LogP contribution is 2.21. The number of hydrogen-bond acceptors (Lipinski definition) is 6. The summed E-state index contributed by atoms with van der Waals surface area (Å²) in [5, 5.41) is 18.8. The Morgan fingerprint density at radius 1 is 1.23 bits per heavy atom. The fourth-order valence-electron chi connectivity index (χ4n) is 2.13. The molecular weight excluding hydrogens is 282 g/mol. The van der Waals surface area contributed by atoms with E-state index in [1.165, 1.54) is 6.20 Å². The van der Waals surface area contributed by atoms with Gasteiger partial charge in [-0.2, -0.15) is 5.10 Å². The molecule has 7 nitrogen and oxygen atoms in total. The van der Waals surface area contributed by atoms with Gasteiger partial charge < -0.3 is 10.4 Å². The van der Waals surface area contributed by atoms with E-state index in [2.05, 4.69) is 25.5 Å². The fourth-order valence-corrected chi connectivity index (χ4v) is 2.13. The van der Waals surface area contributed by atoms with Crippen LogP contribution in [0.15, 0.2) is 35.3 Å². The van der Waals surface area contributed by atoms with Crippen molar-refractivity contribution >= 4 is 22.4 Å². The van der Waals surface area contributed by atoms with E-state index in [1.807, 2.05) is 19.1 Å². The topological polar surface area (TPSA) is 104 Å². The van der Waals surface area contributed by atoms with E-state index < -0.39 is 0 Å². The van der Waals surface area contributed by atoms with E-state index in [0.717, 1.165) is 11.3 Å². The van der Waals surface area contributed by atoms with Crippen LogP contribution in [0, 0.1) is 0 Å². The number of nitrogens with zero attached hydrogens (tertiary/aromatic N) is 3. The van der Waals surface area contributed by atoms with Crippen molar-refractivity contribution in [2.75, 3.05) is 5.32 Å². The second kappa shape index (κ2) is 5.90. The van der Waals surface area contributed by atoms with E-state index in [0.29, 0.717) is 29.0 Å². The molecule has 0 spiro atoms. The van der Waals surface area contributed by atoms with Gasteiger partial charge in [-0.1, -0.05) is 19.1 Å². The van der Waals surface area contributed by atoms with Crippen LogP contribution in [0.1, 0.15) is 18.3 Å². The Labute approximate surface area is 126 Å². The first kappa shape index (κ1) is 14.2.